The Morgan fingerprint density at radius 2 is 2.31 bits per heavy atom. The lowest BCUT2D eigenvalue weighted by molar-refractivity contribution is 0.147. The summed E-state index contributed by atoms with van der Waals surface area (Å²) in [5, 5.41) is 12.6. The lowest BCUT2D eigenvalue weighted by Gasteiger charge is -2.21. The molecular weight excluding hydrogens is 220 g/mol. The summed E-state index contributed by atoms with van der Waals surface area (Å²) < 4.78 is 0. The van der Waals surface area contributed by atoms with Crippen LogP contribution in [0.3, 0.4) is 0 Å². The van der Waals surface area contributed by atoms with E-state index in [9.17, 15) is 0 Å². The normalized spacial score (nSPS) is 14.0. The van der Waals surface area contributed by atoms with Crippen LogP contribution < -0.4 is 5.32 Å². The molecule has 3 nitrogen and oxygen atoms in total. The van der Waals surface area contributed by atoms with Crippen LogP contribution in [-0.4, -0.2) is 23.2 Å². The van der Waals surface area contributed by atoms with E-state index in [0.29, 0.717) is 6.04 Å². The second-order valence-electron chi connectivity index (χ2n) is 5.01. The zero-order chi connectivity index (χ0) is 12.0. The second kappa shape index (κ2) is 6.33. The smallest absolute Gasteiger partial charge is 0.0794 e. The fourth-order valence-electron chi connectivity index (χ4n) is 1.50. The zero-order valence-electron chi connectivity index (χ0n) is 10.4. The highest BCUT2D eigenvalue weighted by molar-refractivity contribution is 7.09. The van der Waals surface area contributed by atoms with Crippen molar-refractivity contribution < 1.29 is 5.11 Å². The molecule has 0 aliphatic heterocycles. The van der Waals surface area contributed by atoms with Gasteiger partial charge in [0.2, 0.25) is 0 Å². The third-order valence-electron chi connectivity index (χ3n) is 2.79. The van der Waals surface area contributed by atoms with E-state index in [-0.39, 0.29) is 12.0 Å². The van der Waals surface area contributed by atoms with Crippen LogP contribution in [-0.2, 0) is 0 Å². The molecule has 0 bridgehead atoms. The van der Waals surface area contributed by atoms with E-state index >= 15 is 0 Å². The predicted molar refractivity (Wildman–Crippen MR) is 68.6 cm³/mol. The van der Waals surface area contributed by atoms with E-state index in [1.807, 2.05) is 11.7 Å². The summed E-state index contributed by atoms with van der Waals surface area (Å²) in [6, 6.07) is 0.379. The summed E-state index contributed by atoms with van der Waals surface area (Å²) in [5.41, 5.74) is 1.91. The summed E-state index contributed by atoms with van der Waals surface area (Å²) in [6.45, 7) is 7.60. The summed E-state index contributed by atoms with van der Waals surface area (Å²) in [5.74, 6) is 0. The number of aliphatic hydroxyl groups excluding tert-OH is 1. The Morgan fingerprint density at radius 1 is 1.56 bits per heavy atom. The lowest BCUT2D eigenvalue weighted by atomic mass is 9.89. The summed E-state index contributed by atoms with van der Waals surface area (Å²) >= 11 is 1.69. The van der Waals surface area contributed by atoms with Gasteiger partial charge >= 0.3 is 0 Å². The fourth-order valence-corrected chi connectivity index (χ4v) is 2.16. The van der Waals surface area contributed by atoms with Crippen molar-refractivity contribution >= 4 is 11.3 Å². The number of thiazole rings is 1. The van der Waals surface area contributed by atoms with Crippen molar-refractivity contribution in [2.45, 2.75) is 39.7 Å². The summed E-state index contributed by atoms with van der Waals surface area (Å²) in [6.07, 6.45) is 4.06. The molecule has 1 unspecified atom stereocenters. The number of hydrogen-bond acceptors (Lipinski definition) is 4. The van der Waals surface area contributed by atoms with Crippen molar-refractivity contribution in [3.05, 3.63) is 16.6 Å². The van der Waals surface area contributed by atoms with Crippen LogP contribution >= 0.6 is 11.3 Å². The minimum atomic E-state index is 0.0510. The van der Waals surface area contributed by atoms with Crippen LogP contribution in [0.4, 0.5) is 0 Å². The number of aliphatic hydroxyl groups is 1. The van der Waals surface area contributed by atoms with Gasteiger partial charge in [-0.3, -0.25) is 4.98 Å². The van der Waals surface area contributed by atoms with Gasteiger partial charge in [-0.1, -0.05) is 13.8 Å². The molecule has 0 aromatic carbocycles. The third kappa shape index (κ3) is 4.60. The van der Waals surface area contributed by atoms with Gasteiger partial charge in [-0.2, -0.15) is 0 Å². The molecule has 0 saturated heterocycles. The van der Waals surface area contributed by atoms with Gasteiger partial charge in [0.15, 0.2) is 0 Å². The minimum Gasteiger partial charge on any atom is -0.396 e. The van der Waals surface area contributed by atoms with Crippen molar-refractivity contribution in [3.8, 4) is 0 Å². The van der Waals surface area contributed by atoms with Crippen molar-refractivity contribution in [1.29, 1.82) is 0 Å². The van der Waals surface area contributed by atoms with E-state index in [4.69, 9.17) is 5.11 Å². The second-order valence-corrected chi connectivity index (χ2v) is 5.92. The number of nitrogens with one attached hydrogen (secondary N) is 1. The molecule has 92 valence electrons. The molecule has 1 heterocycles. The predicted octanol–water partition coefficient (Wildman–Crippen LogP) is 2.59. The largest absolute Gasteiger partial charge is 0.396 e. The van der Waals surface area contributed by atoms with Crippen LogP contribution in [0.5, 0.6) is 0 Å². The Balaban J connectivity index is 2.16. The quantitative estimate of drug-likeness (QED) is 0.722. The molecule has 0 aliphatic carbocycles. The summed E-state index contributed by atoms with van der Waals surface area (Å²) in [7, 11) is 0. The molecule has 4 heteroatoms. The highest BCUT2D eigenvalue weighted by Gasteiger charge is 2.15. The minimum absolute atomic E-state index is 0.0510. The van der Waals surface area contributed by atoms with Gasteiger partial charge in [-0.05, 0) is 31.7 Å². The maximum absolute atomic E-state index is 9.13. The van der Waals surface area contributed by atoms with Gasteiger partial charge in [0.25, 0.3) is 0 Å². The lowest BCUT2D eigenvalue weighted by Crippen LogP contribution is -2.22. The average molecular weight is 242 g/mol. The van der Waals surface area contributed by atoms with Crippen molar-refractivity contribution in [2.24, 2.45) is 5.41 Å². The molecule has 0 saturated carbocycles. The number of rotatable bonds is 7. The molecule has 2 N–H and O–H groups in total. The molecule has 1 rings (SSSR count). The number of nitrogens with zero attached hydrogens (tertiary/aromatic N) is 1. The van der Waals surface area contributed by atoms with E-state index in [0.717, 1.165) is 19.4 Å². The van der Waals surface area contributed by atoms with Crippen LogP contribution in [0, 0.1) is 5.41 Å². The highest BCUT2D eigenvalue weighted by Crippen LogP contribution is 2.21. The Labute approximate surface area is 102 Å². The molecular formula is C12H22N2OS. The molecule has 1 atom stereocenters. The first kappa shape index (κ1) is 13.6. The van der Waals surface area contributed by atoms with Crippen molar-refractivity contribution in [2.75, 3.05) is 13.2 Å². The molecule has 0 aliphatic rings. The van der Waals surface area contributed by atoms with Gasteiger partial charge in [0.05, 0.1) is 5.51 Å². The highest BCUT2D eigenvalue weighted by atomic mass is 32.1. The Bertz CT molecular complexity index is 285. The molecule has 1 aromatic heterocycles. The maximum Gasteiger partial charge on any atom is 0.0794 e. The van der Waals surface area contributed by atoms with Crippen LogP contribution in [0.25, 0.3) is 0 Å². The van der Waals surface area contributed by atoms with Crippen molar-refractivity contribution in [3.63, 3.8) is 0 Å². The first-order chi connectivity index (χ1) is 7.55. The standard InChI is InChI=1S/C12H22N2OS/c1-10(11-7-13-9-16-11)14-6-4-5-12(2,3)8-15/h7,9-10,14-15H,4-6,8H2,1-3H3. The van der Waals surface area contributed by atoms with Gasteiger partial charge in [0.1, 0.15) is 0 Å². The van der Waals surface area contributed by atoms with Crippen molar-refractivity contribution in [1.82, 2.24) is 10.3 Å². The van der Waals surface area contributed by atoms with E-state index in [2.05, 4.69) is 31.1 Å². The third-order valence-corrected chi connectivity index (χ3v) is 3.75. The Morgan fingerprint density at radius 3 is 2.88 bits per heavy atom. The van der Waals surface area contributed by atoms with E-state index in [1.54, 1.807) is 11.3 Å². The maximum atomic E-state index is 9.13. The SMILES string of the molecule is CC(NCCCC(C)(C)CO)c1cncs1. The van der Waals surface area contributed by atoms with Gasteiger partial charge < -0.3 is 10.4 Å². The topological polar surface area (TPSA) is 45.1 Å². The average Bonchev–Trinajstić information content (AvgIpc) is 2.77. The molecule has 0 fully saturated rings. The fraction of sp³-hybridized carbons (Fsp3) is 0.750. The molecule has 0 radical (unpaired) electrons. The van der Waals surface area contributed by atoms with E-state index in [1.165, 1.54) is 4.88 Å². The number of hydrogen-bond donors (Lipinski definition) is 2. The number of aromatic nitrogens is 1. The first-order valence-corrected chi connectivity index (χ1v) is 6.66. The van der Waals surface area contributed by atoms with Gasteiger partial charge in [-0.15, -0.1) is 11.3 Å². The zero-order valence-corrected chi connectivity index (χ0v) is 11.2. The van der Waals surface area contributed by atoms with Gasteiger partial charge in [-0.25, -0.2) is 0 Å². The molecule has 0 amide bonds. The molecule has 16 heavy (non-hydrogen) atoms. The monoisotopic (exact) mass is 242 g/mol. The summed E-state index contributed by atoms with van der Waals surface area (Å²) in [4.78, 5) is 5.35. The Hall–Kier alpha value is -0.450. The molecule has 0 spiro atoms. The Kier molecular flexibility index (Phi) is 5.38. The van der Waals surface area contributed by atoms with Gasteiger partial charge in [0, 0.05) is 23.7 Å². The first-order valence-electron chi connectivity index (χ1n) is 5.78. The van der Waals surface area contributed by atoms with Crippen LogP contribution in [0.1, 0.15) is 44.5 Å². The van der Waals surface area contributed by atoms with E-state index < -0.39 is 0 Å². The van der Waals surface area contributed by atoms with Crippen LogP contribution in [0.15, 0.2) is 11.7 Å². The molecule has 1 aromatic rings. The van der Waals surface area contributed by atoms with Crippen LogP contribution in [0.2, 0.25) is 0 Å².